The van der Waals surface area contributed by atoms with Crippen molar-refractivity contribution in [3.63, 3.8) is 0 Å². The first-order chi connectivity index (χ1) is 12.2. The van der Waals surface area contributed by atoms with E-state index in [0.29, 0.717) is 29.7 Å². The summed E-state index contributed by atoms with van der Waals surface area (Å²) in [7, 11) is 3.20. The topological polar surface area (TPSA) is 86.5 Å². The summed E-state index contributed by atoms with van der Waals surface area (Å²) in [5.74, 6) is 1.47. The number of amides is 1. The third kappa shape index (κ3) is 4.04. The van der Waals surface area contributed by atoms with Gasteiger partial charge in [0.25, 0.3) is 11.8 Å². The van der Waals surface area contributed by atoms with E-state index < -0.39 is 0 Å². The molecule has 0 saturated heterocycles. The highest BCUT2D eigenvalue weighted by atomic mass is 32.1. The van der Waals surface area contributed by atoms with Crippen LogP contribution in [0.25, 0.3) is 22.2 Å². The lowest BCUT2D eigenvalue weighted by Gasteiger charge is -2.01. The zero-order chi connectivity index (χ0) is 17.6. The summed E-state index contributed by atoms with van der Waals surface area (Å²) in [6, 6.07) is 10.9. The molecule has 1 N–H and O–H groups in total. The SMILES string of the molecule is COCCNC(=O)c1ccc(-c2noc(-c3ccc(OC)cc3)n2)s1. The smallest absolute Gasteiger partial charge is 0.261 e. The van der Waals surface area contributed by atoms with Crippen molar-refractivity contribution in [2.75, 3.05) is 27.4 Å². The number of hydrogen-bond donors (Lipinski definition) is 1. The van der Waals surface area contributed by atoms with Crippen molar-refractivity contribution in [3.05, 3.63) is 41.3 Å². The number of thiophene rings is 1. The van der Waals surface area contributed by atoms with Gasteiger partial charge >= 0.3 is 0 Å². The fourth-order valence-electron chi connectivity index (χ4n) is 2.11. The van der Waals surface area contributed by atoms with Gasteiger partial charge in [0.1, 0.15) is 5.75 Å². The molecule has 1 aromatic carbocycles. The molecule has 3 aromatic rings. The zero-order valence-electron chi connectivity index (χ0n) is 13.8. The average Bonchev–Trinajstić information content (AvgIpc) is 3.31. The molecule has 0 saturated carbocycles. The van der Waals surface area contributed by atoms with Crippen molar-refractivity contribution in [2.24, 2.45) is 0 Å². The van der Waals surface area contributed by atoms with E-state index in [4.69, 9.17) is 14.0 Å². The average molecular weight is 359 g/mol. The number of benzene rings is 1. The molecule has 2 aromatic heterocycles. The van der Waals surface area contributed by atoms with Gasteiger partial charge in [-0.2, -0.15) is 4.98 Å². The first-order valence-corrected chi connectivity index (χ1v) is 8.38. The lowest BCUT2D eigenvalue weighted by molar-refractivity contribution is 0.0941. The Kier molecular flexibility index (Phi) is 5.42. The molecule has 1 amide bonds. The Morgan fingerprint density at radius 2 is 2.00 bits per heavy atom. The number of nitrogens with one attached hydrogen (secondary N) is 1. The second kappa shape index (κ2) is 7.91. The molecular formula is C17H17N3O4S. The highest BCUT2D eigenvalue weighted by Crippen LogP contribution is 2.28. The van der Waals surface area contributed by atoms with Gasteiger partial charge in [-0.05, 0) is 36.4 Å². The van der Waals surface area contributed by atoms with Gasteiger partial charge in [0.15, 0.2) is 0 Å². The van der Waals surface area contributed by atoms with Crippen molar-refractivity contribution in [3.8, 4) is 27.9 Å². The van der Waals surface area contributed by atoms with E-state index in [1.807, 2.05) is 24.3 Å². The lowest BCUT2D eigenvalue weighted by Crippen LogP contribution is -2.26. The molecule has 2 heterocycles. The highest BCUT2D eigenvalue weighted by Gasteiger charge is 2.15. The summed E-state index contributed by atoms with van der Waals surface area (Å²) >= 11 is 1.31. The number of carbonyl (C=O) groups is 1. The molecule has 0 spiro atoms. The van der Waals surface area contributed by atoms with Crippen LogP contribution in [-0.4, -0.2) is 43.4 Å². The van der Waals surface area contributed by atoms with Gasteiger partial charge in [-0.3, -0.25) is 4.79 Å². The molecule has 0 fully saturated rings. The molecule has 0 atom stereocenters. The first kappa shape index (κ1) is 17.1. The van der Waals surface area contributed by atoms with Crippen molar-refractivity contribution >= 4 is 17.2 Å². The van der Waals surface area contributed by atoms with Crippen molar-refractivity contribution < 1.29 is 18.8 Å². The molecule has 0 unspecified atom stereocenters. The van der Waals surface area contributed by atoms with E-state index in [1.54, 1.807) is 26.4 Å². The van der Waals surface area contributed by atoms with Crippen LogP contribution in [0, 0.1) is 0 Å². The maximum atomic E-state index is 12.0. The second-order valence-electron chi connectivity index (χ2n) is 5.06. The number of hydrogen-bond acceptors (Lipinski definition) is 7. The van der Waals surface area contributed by atoms with Gasteiger partial charge in [0.2, 0.25) is 5.82 Å². The summed E-state index contributed by atoms with van der Waals surface area (Å²) < 4.78 is 15.4. The minimum Gasteiger partial charge on any atom is -0.497 e. The maximum Gasteiger partial charge on any atom is 0.261 e. The predicted molar refractivity (Wildman–Crippen MR) is 93.8 cm³/mol. The summed E-state index contributed by atoms with van der Waals surface area (Å²) in [6.07, 6.45) is 0. The van der Waals surface area contributed by atoms with Crippen molar-refractivity contribution in [1.29, 1.82) is 0 Å². The molecule has 0 aliphatic rings. The number of aromatic nitrogens is 2. The van der Waals surface area contributed by atoms with E-state index in [2.05, 4.69) is 15.5 Å². The molecular weight excluding hydrogens is 342 g/mol. The number of ether oxygens (including phenoxy) is 2. The molecule has 8 heteroatoms. The van der Waals surface area contributed by atoms with E-state index in [1.165, 1.54) is 11.3 Å². The standard InChI is InChI=1S/C17H17N3O4S/c1-22-10-9-18-16(21)14-8-7-13(25-14)15-19-17(24-20-15)11-3-5-12(23-2)6-4-11/h3-8H,9-10H2,1-2H3,(H,18,21). The Morgan fingerprint density at radius 3 is 2.72 bits per heavy atom. The van der Waals surface area contributed by atoms with E-state index >= 15 is 0 Å². The molecule has 0 aliphatic heterocycles. The third-order valence-corrected chi connectivity index (χ3v) is 4.48. The molecule has 0 bridgehead atoms. The quantitative estimate of drug-likeness (QED) is 0.653. The maximum absolute atomic E-state index is 12.0. The number of carbonyl (C=O) groups excluding carboxylic acids is 1. The van der Waals surface area contributed by atoms with Crippen molar-refractivity contribution in [1.82, 2.24) is 15.5 Å². The van der Waals surface area contributed by atoms with Crippen LogP contribution >= 0.6 is 11.3 Å². The van der Waals surface area contributed by atoms with Gasteiger partial charge in [-0.25, -0.2) is 0 Å². The van der Waals surface area contributed by atoms with Crippen LogP contribution in [0.15, 0.2) is 40.9 Å². The number of rotatable bonds is 7. The van der Waals surface area contributed by atoms with E-state index in [-0.39, 0.29) is 5.91 Å². The van der Waals surface area contributed by atoms with Gasteiger partial charge in [-0.1, -0.05) is 5.16 Å². The van der Waals surface area contributed by atoms with Crippen LogP contribution in [0.4, 0.5) is 0 Å². The third-order valence-electron chi connectivity index (χ3n) is 3.40. The van der Waals surface area contributed by atoms with Gasteiger partial charge in [0, 0.05) is 19.2 Å². The minimum atomic E-state index is -0.146. The van der Waals surface area contributed by atoms with Gasteiger partial charge in [0.05, 0.1) is 23.5 Å². The molecule has 3 rings (SSSR count). The van der Waals surface area contributed by atoms with Gasteiger partial charge < -0.3 is 19.3 Å². The Hall–Kier alpha value is -2.71. The molecule has 0 radical (unpaired) electrons. The van der Waals surface area contributed by atoms with Crippen LogP contribution in [-0.2, 0) is 4.74 Å². The largest absolute Gasteiger partial charge is 0.497 e. The van der Waals surface area contributed by atoms with Crippen LogP contribution in [0.5, 0.6) is 5.75 Å². The van der Waals surface area contributed by atoms with Crippen LogP contribution in [0.3, 0.4) is 0 Å². The van der Waals surface area contributed by atoms with Crippen molar-refractivity contribution in [2.45, 2.75) is 0 Å². The monoisotopic (exact) mass is 359 g/mol. The normalized spacial score (nSPS) is 10.6. The Labute approximate surface area is 148 Å². The van der Waals surface area contributed by atoms with E-state index in [0.717, 1.165) is 16.2 Å². The Morgan fingerprint density at radius 1 is 1.20 bits per heavy atom. The predicted octanol–water partition coefficient (Wildman–Crippen LogP) is 2.85. The zero-order valence-corrected chi connectivity index (χ0v) is 14.6. The lowest BCUT2D eigenvalue weighted by atomic mass is 10.2. The van der Waals surface area contributed by atoms with Gasteiger partial charge in [-0.15, -0.1) is 11.3 Å². The first-order valence-electron chi connectivity index (χ1n) is 7.56. The Balaban J connectivity index is 1.73. The summed E-state index contributed by atoms with van der Waals surface area (Å²) in [6.45, 7) is 0.937. The summed E-state index contributed by atoms with van der Waals surface area (Å²) in [4.78, 5) is 17.8. The van der Waals surface area contributed by atoms with Crippen LogP contribution in [0.1, 0.15) is 9.67 Å². The number of nitrogens with zero attached hydrogens (tertiary/aromatic N) is 2. The fourth-order valence-corrected chi connectivity index (χ4v) is 2.96. The summed E-state index contributed by atoms with van der Waals surface area (Å²) in [5.41, 5.74) is 0.800. The number of methoxy groups -OCH3 is 2. The van der Waals surface area contributed by atoms with Crippen LogP contribution in [0.2, 0.25) is 0 Å². The minimum absolute atomic E-state index is 0.146. The second-order valence-corrected chi connectivity index (χ2v) is 6.15. The molecule has 25 heavy (non-hydrogen) atoms. The molecule has 130 valence electrons. The molecule has 0 aliphatic carbocycles. The molecule has 7 nitrogen and oxygen atoms in total. The van der Waals surface area contributed by atoms with E-state index in [9.17, 15) is 4.79 Å². The van der Waals surface area contributed by atoms with Crippen LogP contribution < -0.4 is 10.1 Å². The Bertz CT molecular complexity index is 842. The fraction of sp³-hybridized carbons (Fsp3) is 0.235. The summed E-state index contributed by atoms with van der Waals surface area (Å²) in [5, 5.41) is 6.77. The highest BCUT2D eigenvalue weighted by molar-refractivity contribution is 7.17.